The third kappa shape index (κ3) is 8.46. The molecule has 4 aromatic rings. The van der Waals surface area contributed by atoms with Crippen molar-refractivity contribution in [2.24, 2.45) is 5.10 Å². The first kappa shape index (κ1) is 34.7. The number of benzene rings is 4. The van der Waals surface area contributed by atoms with E-state index in [0.29, 0.717) is 41.7 Å². The van der Waals surface area contributed by atoms with Gasteiger partial charge in [-0.2, -0.15) is 5.10 Å². The molecule has 48 heavy (non-hydrogen) atoms. The SMILES string of the molecule is CCOc1cc([C@H]2NC(=O)NC(C)=C2C(=O)OC)ccc1OC[C@@H](O)N/N=C\c1cc(Br)c(OCc2ccc3ccccc3c2)c(Br)c1. The molecule has 2 atom stereocenters. The molecule has 0 fully saturated rings. The third-order valence-electron chi connectivity index (χ3n) is 7.33. The lowest BCUT2D eigenvalue weighted by Crippen LogP contribution is -2.45. The van der Waals surface area contributed by atoms with Gasteiger partial charge in [0.1, 0.15) is 19.0 Å². The highest BCUT2D eigenvalue weighted by Crippen LogP contribution is 2.36. The van der Waals surface area contributed by atoms with Gasteiger partial charge in [-0.3, -0.25) is 5.43 Å². The van der Waals surface area contributed by atoms with Crippen LogP contribution in [0.25, 0.3) is 10.8 Å². The van der Waals surface area contributed by atoms with Crippen LogP contribution in [-0.4, -0.2) is 49.9 Å². The van der Waals surface area contributed by atoms with Gasteiger partial charge in [0.05, 0.1) is 40.5 Å². The molecule has 11 nitrogen and oxygen atoms in total. The molecule has 2 amide bonds. The first-order chi connectivity index (χ1) is 23.2. The highest BCUT2D eigenvalue weighted by atomic mass is 79.9. The largest absolute Gasteiger partial charge is 0.490 e. The number of urea groups is 1. The number of nitrogens with one attached hydrogen (secondary N) is 3. The summed E-state index contributed by atoms with van der Waals surface area (Å²) in [6.45, 7) is 4.03. The molecular formula is C35H34Br2N4O7. The zero-order valence-corrected chi connectivity index (χ0v) is 29.6. The predicted octanol–water partition coefficient (Wildman–Crippen LogP) is 6.46. The fourth-order valence-electron chi connectivity index (χ4n) is 5.10. The van der Waals surface area contributed by atoms with E-state index in [0.717, 1.165) is 25.5 Å². The van der Waals surface area contributed by atoms with Gasteiger partial charge < -0.3 is 34.7 Å². The summed E-state index contributed by atoms with van der Waals surface area (Å²) in [4.78, 5) is 24.7. The van der Waals surface area contributed by atoms with Crippen molar-refractivity contribution in [1.82, 2.24) is 16.1 Å². The number of fused-ring (bicyclic) bond motifs is 1. The van der Waals surface area contributed by atoms with Crippen LogP contribution in [0.15, 0.2) is 98.1 Å². The molecule has 4 aromatic carbocycles. The number of hydrogen-bond donors (Lipinski definition) is 4. The summed E-state index contributed by atoms with van der Waals surface area (Å²) in [5.41, 5.74) is 5.71. The Hall–Kier alpha value is -4.59. The first-order valence-corrected chi connectivity index (χ1v) is 16.6. The monoisotopic (exact) mass is 780 g/mol. The molecule has 0 radical (unpaired) electrons. The molecule has 0 bridgehead atoms. The maximum atomic E-state index is 12.5. The number of amides is 2. The van der Waals surface area contributed by atoms with Crippen LogP contribution in [0.2, 0.25) is 0 Å². The summed E-state index contributed by atoms with van der Waals surface area (Å²) in [6.07, 6.45) is 0.417. The molecule has 1 aliphatic rings. The van der Waals surface area contributed by atoms with Crippen molar-refractivity contribution in [3.8, 4) is 17.2 Å². The summed E-state index contributed by atoms with van der Waals surface area (Å²) in [5.74, 6) is 0.822. The van der Waals surface area contributed by atoms with Crippen molar-refractivity contribution >= 4 is 60.8 Å². The molecule has 0 saturated heterocycles. The highest BCUT2D eigenvalue weighted by molar-refractivity contribution is 9.11. The minimum atomic E-state index is -1.15. The fraction of sp³-hybridized carbons (Fsp3) is 0.229. The summed E-state index contributed by atoms with van der Waals surface area (Å²) >= 11 is 7.17. The Morgan fingerprint density at radius 3 is 2.48 bits per heavy atom. The molecule has 250 valence electrons. The molecule has 0 unspecified atom stereocenters. The van der Waals surface area contributed by atoms with Crippen molar-refractivity contribution < 1.29 is 33.6 Å². The number of aliphatic hydroxyl groups is 1. The molecule has 0 spiro atoms. The van der Waals surface area contributed by atoms with Crippen LogP contribution in [0.4, 0.5) is 4.79 Å². The van der Waals surface area contributed by atoms with E-state index in [1.807, 2.05) is 31.2 Å². The van der Waals surface area contributed by atoms with Crippen LogP contribution in [0, 0.1) is 0 Å². The number of hydrazone groups is 1. The fourth-order valence-corrected chi connectivity index (χ4v) is 6.55. The maximum Gasteiger partial charge on any atom is 0.337 e. The van der Waals surface area contributed by atoms with E-state index in [4.69, 9.17) is 18.9 Å². The Morgan fingerprint density at radius 1 is 1.00 bits per heavy atom. The third-order valence-corrected chi connectivity index (χ3v) is 8.51. The smallest absolute Gasteiger partial charge is 0.337 e. The number of ether oxygens (including phenoxy) is 4. The van der Waals surface area contributed by atoms with Gasteiger partial charge in [-0.1, -0.05) is 42.5 Å². The van der Waals surface area contributed by atoms with Crippen molar-refractivity contribution in [3.05, 3.63) is 110 Å². The van der Waals surface area contributed by atoms with Crippen molar-refractivity contribution in [3.63, 3.8) is 0 Å². The summed E-state index contributed by atoms with van der Waals surface area (Å²) in [7, 11) is 1.28. The second-order valence-electron chi connectivity index (χ2n) is 10.7. The Kier molecular flexibility index (Phi) is 11.6. The first-order valence-electron chi connectivity index (χ1n) is 15.0. The van der Waals surface area contributed by atoms with Crippen molar-refractivity contribution in [2.45, 2.75) is 32.7 Å². The normalized spacial score (nSPS) is 15.1. The lowest BCUT2D eigenvalue weighted by molar-refractivity contribution is -0.136. The van der Waals surface area contributed by atoms with Crippen LogP contribution < -0.4 is 30.3 Å². The number of carbonyl (C=O) groups is 2. The second-order valence-corrected chi connectivity index (χ2v) is 12.4. The quantitative estimate of drug-likeness (QED) is 0.0525. The zero-order chi connectivity index (χ0) is 34.2. The van der Waals surface area contributed by atoms with E-state index in [9.17, 15) is 14.7 Å². The average molecular weight is 782 g/mol. The number of halogens is 2. The lowest BCUT2D eigenvalue weighted by atomic mass is 9.95. The van der Waals surface area contributed by atoms with Gasteiger partial charge in [-0.05, 0) is 104 Å². The molecule has 1 heterocycles. The zero-order valence-electron chi connectivity index (χ0n) is 26.4. The maximum absolute atomic E-state index is 12.5. The van der Waals surface area contributed by atoms with Crippen LogP contribution in [-0.2, 0) is 16.1 Å². The van der Waals surface area contributed by atoms with Crippen LogP contribution in [0.5, 0.6) is 17.2 Å². The molecule has 0 aromatic heterocycles. The minimum absolute atomic E-state index is 0.151. The van der Waals surface area contributed by atoms with E-state index in [2.05, 4.69) is 83.4 Å². The van der Waals surface area contributed by atoms with Gasteiger partial charge in [0, 0.05) is 5.70 Å². The van der Waals surface area contributed by atoms with Crippen LogP contribution in [0.1, 0.15) is 36.6 Å². The standard InChI is InChI=1S/C35H34Br2N4O7/c1-4-46-29-16-25(32-31(34(43)45-3)20(2)39-35(44)40-32)11-12-28(29)47-19-30(42)41-38-17-22-14-26(36)33(27(37)15-22)48-18-21-9-10-23-7-5-6-8-24(23)13-21/h5-17,30,32,41-42H,4,18-19H2,1-3H3,(H2,39,40,44)/b38-17-/t30-,32-/m1/s1. The summed E-state index contributed by atoms with van der Waals surface area (Å²) in [6, 6.07) is 22.0. The molecule has 13 heteroatoms. The van der Waals surface area contributed by atoms with Crippen LogP contribution in [0.3, 0.4) is 0 Å². The van der Waals surface area contributed by atoms with Gasteiger partial charge in [0.15, 0.2) is 17.7 Å². The minimum Gasteiger partial charge on any atom is -0.490 e. The second kappa shape index (κ2) is 16.0. The number of nitrogens with zero attached hydrogens (tertiary/aromatic N) is 1. The topological polar surface area (TPSA) is 140 Å². The number of aliphatic hydroxyl groups excluding tert-OH is 1. The Bertz CT molecular complexity index is 1860. The molecule has 0 saturated carbocycles. The van der Waals surface area contributed by atoms with Crippen LogP contribution >= 0.6 is 31.9 Å². The van der Waals surface area contributed by atoms with Crippen molar-refractivity contribution in [1.29, 1.82) is 0 Å². The number of methoxy groups -OCH3 is 1. The Morgan fingerprint density at radius 2 is 1.75 bits per heavy atom. The van der Waals surface area contributed by atoms with E-state index in [1.165, 1.54) is 12.5 Å². The lowest BCUT2D eigenvalue weighted by Gasteiger charge is -2.28. The van der Waals surface area contributed by atoms with Gasteiger partial charge in [0.2, 0.25) is 0 Å². The molecule has 4 N–H and O–H groups in total. The van der Waals surface area contributed by atoms with Gasteiger partial charge in [0.25, 0.3) is 0 Å². The van der Waals surface area contributed by atoms with Gasteiger partial charge >= 0.3 is 12.0 Å². The average Bonchev–Trinajstić information content (AvgIpc) is 3.06. The number of esters is 1. The molecule has 1 aliphatic heterocycles. The molecule has 0 aliphatic carbocycles. The van der Waals surface area contributed by atoms with E-state index >= 15 is 0 Å². The molecular weight excluding hydrogens is 748 g/mol. The molecule has 5 rings (SSSR count). The number of rotatable bonds is 13. The summed E-state index contributed by atoms with van der Waals surface area (Å²) in [5, 5.41) is 22.3. The summed E-state index contributed by atoms with van der Waals surface area (Å²) < 4.78 is 24.1. The van der Waals surface area contributed by atoms with Crippen molar-refractivity contribution in [2.75, 3.05) is 20.3 Å². The van der Waals surface area contributed by atoms with Gasteiger partial charge in [-0.25, -0.2) is 9.59 Å². The van der Waals surface area contributed by atoms with Gasteiger partial charge in [-0.15, -0.1) is 0 Å². The van der Waals surface area contributed by atoms with E-state index in [1.54, 1.807) is 31.3 Å². The van der Waals surface area contributed by atoms with E-state index in [-0.39, 0.29) is 12.2 Å². The Balaban J connectivity index is 1.18. The Labute approximate surface area is 294 Å². The number of allylic oxidation sites excluding steroid dienone is 1. The predicted molar refractivity (Wildman–Crippen MR) is 189 cm³/mol. The highest BCUT2D eigenvalue weighted by Gasteiger charge is 2.32. The number of carbonyl (C=O) groups excluding carboxylic acids is 2. The van der Waals surface area contributed by atoms with E-state index < -0.39 is 24.3 Å². The number of hydrogen-bond acceptors (Lipinski definition) is 9.